The molecule has 148 valence electrons. The number of likely N-dealkylation sites (tertiary alicyclic amines) is 1. The van der Waals surface area contributed by atoms with Gasteiger partial charge in [0.2, 0.25) is 12.3 Å². The average molecular weight is 375 g/mol. The van der Waals surface area contributed by atoms with Gasteiger partial charge < -0.3 is 21.1 Å². The van der Waals surface area contributed by atoms with Crippen LogP contribution in [0, 0.1) is 5.92 Å². The number of nitrogens with one attached hydrogen (secondary N) is 1. The maximum atomic E-state index is 12.8. The zero-order chi connectivity index (χ0) is 19.6. The van der Waals surface area contributed by atoms with Gasteiger partial charge in [0, 0.05) is 12.6 Å². The fourth-order valence-corrected chi connectivity index (χ4v) is 3.87. The number of rotatable bonds is 12. The fourth-order valence-electron chi connectivity index (χ4n) is 3.87. The molecule has 1 saturated heterocycles. The summed E-state index contributed by atoms with van der Waals surface area (Å²) in [6.07, 6.45) is 3.96. The lowest BCUT2D eigenvalue weighted by atomic mass is 9.95. The highest BCUT2D eigenvalue weighted by Crippen LogP contribution is 2.31. The third-order valence-corrected chi connectivity index (χ3v) is 5.15. The molecule has 2 amide bonds. The topological polar surface area (TPSA) is 113 Å². The molecule has 2 rings (SSSR count). The van der Waals surface area contributed by atoms with E-state index >= 15 is 0 Å². The third-order valence-electron chi connectivity index (χ3n) is 5.15. The van der Waals surface area contributed by atoms with Crippen LogP contribution in [-0.4, -0.2) is 53.5 Å². The van der Waals surface area contributed by atoms with Crippen molar-refractivity contribution in [2.45, 2.75) is 50.6 Å². The molecular formula is C20H29N3O4. The molecule has 1 aromatic carbocycles. The lowest BCUT2D eigenvalue weighted by Gasteiger charge is -2.31. The van der Waals surface area contributed by atoms with E-state index in [-0.39, 0.29) is 24.4 Å². The number of carbonyl (C=O) groups is 3. The number of hydrogen-bond acceptors (Lipinski definition) is 4. The van der Waals surface area contributed by atoms with Gasteiger partial charge >= 0.3 is 5.97 Å². The Hall–Kier alpha value is -2.41. The van der Waals surface area contributed by atoms with Crippen LogP contribution in [0.1, 0.15) is 37.7 Å². The Morgan fingerprint density at radius 1 is 1.33 bits per heavy atom. The first kappa shape index (κ1) is 20.9. The molecule has 1 fully saturated rings. The molecule has 7 nitrogen and oxygen atoms in total. The molecule has 7 heteroatoms. The molecule has 0 saturated carbocycles. The number of hydrogen-bond donors (Lipinski definition) is 3. The Labute approximate surface area is 159 Å². The summed E-state index contributed by atoms with van der Waals surface area (Å²) in [7, 11) is 0. The van der Waals surface area contributed by atoms with Crippen molar-refractivity contribution >= 4 is 18.3 Å². The predicted octanol–water partition coefficient (Wildman–Crippen LogP) is 1.16. The van der Waals surface area contributed by atoms with Crippen LogP contribution in [0.15, 0.2) is 30.3 Å². The number of nitrogens with zero attached hydrogens (tertiary/aromatic N) is 1. The summed E-state index contributed by atoms with van der Waals surface area (Å²) in [5.41, 5.74) is 6.80. The van der Waals surface area contributed by atoms with Crippen LogP contribution < -0.4 is 11.1 Å². The number of aliphatic carboxylic acids is 1. The van der Waals surface area contributed by atoms with Crippen LogP contribution >= 0.6 is 0 Å². The van der Waals surface area contributed by atoms with Gasteiger partial charge in [0.25, 0.3) is 0 Å². The van der Waals surface area contributed by atoms with Crippen LogP contribution in [0.25, 0.3) is 0 Å². The molecule has 4 N–H and O–H groups in total. The van der Waals surface area contributed by atoms with Gasteiger partial charge in [-0.05, 0) is 44.2 Å². The number of aryl methyl sites for hydroxylation is 1. The number of carbonyl (C=O) groups excluding carboxylic acids is 2. The van der Waals surface area contributed by atoms with Crippen LogP contribution in [0.5, 0.6) is 0 Å². The van der Waals surface area contributed by atoms with Gasteiger partial charge in [0.1, 0.15) is 0 Å². The maximum absolute atomic E-state index is 12.8. The van der Waals surface area contributed by atoms with E-state index in [1.165, 1.54) is 5.56 Å². The van der Waals surface area contributed by atoms with Gasteiger partial charge in [0.15, 0.2) is 0 Å². The SMILES string of the molecule is NCCCC(NC=O)[C@@H]1C[C@@H](CC(=O)O)C(=O)N1CCCc1ccccc1. The molecule has 1 aliphatic rings. The van der Waals surface area contributed by atoms with Crippen LogP contribution in [-0.2, 0) is 20.8 Å². The summed E-state index contributed by atoms with van der Waals surface area (Å²) >= 11 is 0. The third kappa shape index (κ3) is 6.06. The molecule has 27 heavy (non-hydrogen) atoms. The number of carboxylic acid groups (broad SMARTS) is 1. The lowest BCUT2D eigenvalue weighted by molar-refractivity contribution is -0.142. The van der Waals surface area contributed by atoms with Gasteiger partial charge in [0.05, 0.1) is 18.4 Å². The summed E-state index contributed by atoms with van der Waals surface area (Å²) in [5, 5.41) is 11.9. The van der Waals surface area contributed by atoms with Gasteiger partial charge in [-0.2, -0.15) is 0 Å². The van der Waals surface area contributed by atoms with Crippen molar-refractivity contribution in [3.63, 3.8) is 0 Å². The summed E-state index contributed by atoms with van der Waals surface area (Å²) in [6, 6.07) is 9.65. The number of carboxylic acids is 1. The Balaban J connectivity index is 2.07. The summed E-state index contributed by atoms with van der Waals surface area (Å²) < 4.78 is 0. The van der Waals surface area contributed by atoms with E-state index in [9.17, 15) is 14.4 Å². The standard InChI is InChI=1S/C20H29N3O4/c21-10-4-9-17(22-14-24)18-12-16(13-19(25)26)20(27)23(18)11-5-8-15-6-2-1-3-7-15/h1-3,6-7,14,16-18H,4-5,8-13,21H2,(H,22,24)(H,25,26)/t16-,17?,18-/m0/s1. The van der Waals surface area contributed by atoms with Crippen molar-refractivity contribution in [3.05, 3.63) is 35.9 Å². The highest BCUT2D eigenvalue weighted by Gasteiger charge is 2.43. The molecule has 1 aromatic rings. The molecule has 0 aromatic heterocycles. The van der Waals surface area contributed by atoms with E-state index in [4.69, 9.17) is 10.8 Å². The van der Waals surface area contributed by atoms with Crippen molar-refractivity contribution in [2.75, 3.05) is 13.1 Å². The minimum atomic E-state index is -0.972. The number of nitrogens with two attached hydrogens (primary N) is 1. The second kappa shape index (κ2) is 10.7. The van der Waals surface area contributed by atoms with Crippen molar-refractivity contribution in [3.8, 4) is 0 Å². The van der Waals surface area contributed by atoms with Crippen molar-refractivity contribution < 1.29 is 19.5 Å². The van der Waals surface area contributed by atoms with Gasteiger partial charge in [-0.3, -0.25) is 14.4 Å². The maximum Gasteiger partial charge on any atom is 0.304 e. The summed E-state index contributed by atoms with van der Waals surface area (Å²) in [4.78, 5) is 36.7. The Morgan fingerprint density at radius 3 is 2.70 bits per heavy atom. The molecule has 1 unspecified atom stereocenters. The van der Waals surface area contributed by atoms with Crippen molar-refractivity contribution in [1.82, 2.24) is 10.2 Å². The Morgan fingerprint density at radius 2 is 2.07 bits per heavy atom. The molecule has 0 aliphatic carbocycles. The zero-order valence-electron chi connectivity index (χ0n) is 15.5. The monoisotopic (exact) mass is 375 g/mol. The highest BCUT2D eigenvalue weighted by atomic mass is 16.4. The first-order valence-corrected chi connectivity index (χ1v) is 9.52. The minimum absolute atomic E-state index is 0.124. The van der Waals surface area contributed by atoms with E-state index in [0.717, 1.165) is 19.3 Å². The van der Waals surface area contributed by atoms with Gasteiger partial charge in [-0.25, -0.2) is 0 Å². The second-order valence-electron chi connectivity index (χ2n) is 7.04. The zero-order valence-corrected chi connectivity index (χ0v) is 15.5. The largest absolute Gasteiger partial charge is 0.481 e. The van der Waals surface area contributed by atoms with E-state index < -0.39 is 11.9 Å². The van der Waals surface area contributed by atoms with E-state index in [1.807, 2.05) is 18.2 Å². The van der Waals surface area contributed by atoms with Crippen LogP contribution in [0.3, 0.4) is 0 Å². The average Bonchev–Trinajstić information content (AvgIpc) is 2.95. The summed E-state index contributed by atoms with van der Waals surface area (Å²) in [5.74, 6) is -1.63. The van der Waals surface area contributed by atoms with Crippen molar-refractivity contribution in [2.24, 2.45) is 11.7 Å². The molecular weight excluding hydrogens is 346 g/mol. The molecule has 3 atom stereocenters. The lowest BCUT2D eigenvalue weighted by Crippen LogP contribution is -2.48. The first-order chi connectivity index (χ1) is 13.1. The van der Waals surface area contributed by atoms with Crippen molar-refractivity contribution in [1.29, 1.82) is 0 Å². The highest BCUT2D eigenvalue weighted by molar-refractivity contribution is 5.85. The minimum Gasteiger partial charge on any atom is -0.481 e. The smallest absolute Gasteiger partial charge is 0.304 e. The number of benzene rings is 1. The predicted molar refractivity (Wildman–Crippen MR) is 102 cm³/mol. The van der Waals surface area contributed by atoms with Gasteiger partial charge in [-0.1, -0.05) is 30.3 Å². The normalized spacial score (nSPS) is 20.5. The van der Waals surface area contributed by atoms with E-state index in [0.29, 0.717) is 32.3 Å². The molecule has 0 bridgehead atoms. The number of amides is 2. The van der Waals surface area contributed by atoms with E-state index in [1.54, 1.807) is 4.90 Å². The Kier molecular flexibility index (Phi) is 8.26. The molecule has 1 aliphatic heterocycles. The van der Waals surface area contributed by atoms with E-state index in [2.05, 4.69) is 17.4 Å². The molecule has 0 radical (unpaired) electrons. The first-order valence-electron chi connectivity index (χ1n) is 9.52. The molecule has 1 heterocycles. The second-order valence-corrected chi connectivity index (χ2v) is 7.04. The quantitative estimate of drug-likeness (QED) is 0.475. The Bertz CT molecular complexity index is 623. The van der Waals surface area contributed by atoms with Gasteiger partial charge in [-0.15, -0.1) is 0 Å². The van der Waals surface area contributed by atoms with Crippen LogP contribution in [0.4, 0.5) is 0 Å². The molecule has 0 spiro atoms. The van der Waals surface area contributed by atoms with Crippen LogP contribution in [0.2, 0.25) is 0 Å². The fraction of sp³-hybridized carbons (Fsp3) is 0.550. The summed E-state index contributed by atoms with van der Waals surface area (Å²) in [6.45, 7) is 1.05.